The summed E-state index contributed by atoms with van der Waals surface area (Å²) in [6, 6.07) is 13.5. The molecule has 35 heavy (non-hydrogen) atoms. The van der Waals surface area contributed by atoms with Crippen LogP contribution in [-0.2, 0) is 21.2 Å². The highest BCUT2D eigenvalue weighted by Crippen LogP contribution is 2.25. The van der Waals surface area contributed by atoms with Gasteiger partial charge in [0, 0.05) is 38.3 Å². The normalized spacial score (nSPS) is 16.7. The maximum absolute atomic E-state index is 13.3. The molecule has 1 saturated heterocycles. The van der Waals surface area contributed by atoms with Crippen LogP contribution in [0.4, 0.5) is 0 Å². The molecule has 1 aliphatic rings. The van der Waals surface area contributed by atoms with E-state index in [0.29, 0.717) is 36.7 Å². The zero-order valence-electron chi connectivity index (χ0n) is 20.1. The number of hydrogen-bond donors (Lipinski definition) is 1. The number of methoxy groups -OCH3 is 1. The second-order valence-corrected chi connectivity index (χ2v) is 11.2. The summed E-state index contributed by atoms with van der Waals surface area (Å²) in [7, 11) is -1.37. The van der Waals surface area contributed by atoms with E-state index in [9.17, 15) is 13.2 Å². The number of amides is 1. The lowest BCUT2D eigenvalue weighted by atomic mass is 10.0. The Hall–Kier alpha value is -3.15. The molecular weight excluding hydrogens is 468 g/mol. The Balaban J connectivity index is 1.59. The topological polar surface area (TPSA) is 119 Å². The fourth-order valence-electron chi connectivity index (χ4n) is 4.08. The molecule has 3 aromatic rings. The number of nitrogens with zero attached hydrogens (tertiary/aromatic N) is 5. The van der Waals surface area contributed by atoms with Gasteiger partial charge in [-0.1, -0.05) is 29.8 Å². The van der Waals surface area contributed by atoms with E-state index in [4.69, 9.17) is 4.74 Å². The molecule has 1 aromatic heterocycles. The van der Waals surface area contributed by atoms with Gasteiger partial charge in [-0.2, -0.15) is 4.68 Å². The van der Waals surface area contributed by atoms with E-state index < -0.39 is 9.84 Å². The lowest BCUT2D eigenvalue weighted by molar-refractivity contribution is 0.0930. The van der Waals surface area contributed by atoms with Gasteiger partial charge in [0.05, 0.1) is 17.2 Å². The third-order valence-electron chi connectivity index (χ3n) is 5.96. The van der Waals surface area contributed by atoms with Gasteiger partial charge in [-0.25, -0.2) is 8.42 Å². The van der Waals surface area contributed by atoms with Crippen molar-refractivity contribution in [2.75, 3.05) is 38.2 Å². The molecule has 1 N–H and O–H groups in total. The summed E-state index contributed by atoms with van der Waals surface area (Å²) in [5.41, 5.74) is 4.10. The van der Waals surface area contributed by atoms with Gasteiger partial charge in [0.2, 0.25) is 0 Å². The van der Waals surface area contributed by atoms with Crippen LogP contribution in [-0.4, -0.2) is 83.7 Å². The molecule has 2 aromatic carbocycles. The fourth-order valence-corrected chi connectivity index (χ4v) is 5.35. The predicted molar refractivity (Wildman–Crippen MR) is 132 cm³/mol. The number of ether oxygens (including phenoxy) is 1. The van der Waals surface area contributed by atoms with Crippen molar-refractivity contribution >= 4 is 15.7 Å². The molecule has 0 spiro atoms. The summed E-state index contributed by atoms with van der Waals surface area (Å²) in [5.74, 6) is 0.614. The molecule has 1 amide bonds. The maximum atomic E-state index is 13.3. The molecule has 186 valence electrons. The van der Waals surface area contributed by atoms with Crippen molar-refractivity contribution in [3.8, 4) is 16.8 Å². The van der Waals surface area contributed by atoms with E-state index in [2.05, 4.69) is 25.7 Å². The summed E-state index contributed by atoms with van der Waals surface area (Å²) in [4.78, 5) is 15.3. The SMILES string of the molecule is COCc1nnnn1-c1cc(C(=O)N[C@H](C)CN2CCS(=O)(=O)CC2)cc(-c2ccc(C)cc2)c1. The Morgan fingerprint density at radius 2 is 1.83 bits per heavy atom. The van der Waals surface area contributed by atoms with E-state index in [0.717, 1.165) is 16.7 Å². The summed E-state index contributed by atoms with van der Waals surface area (Å²) in [5, 5.41) is 14.9. The number of sulfone groups is 1. The third kappa shape index (κ3) is 6.30. The number of hydrogen-bond acceptors (Lipinski definition) is 8. The molecule has 1 atom stereocenters. The van der Waals surface area contributed by atoms with Crippen molar-refractivity contribution in [3.63, 3.8) is 0 Å². The minimum Gasteiger partial charge on any atom is -0.377 e. The smallest absolute Gasteiger partial charge is 0.251 e. The number of benzene rings is 2. The van der Waals surface area contributed by atoms with Crippen LogP contribution in [0.5, 0.6) is 0 Å². The Bertz CT molecular complexity index is 1280. The zero-order valence-corrected chi connectivity index (χ0v) is 21.0. The van der Waals surface area contributed by atoms with Gasteiger partial charge in [-0.3, -0.25) is 9.69 Å². The molecule has 4 rings (SSSR count). The standard InChI is InChI=1S/C24H30N6O4S/c1-17-4-6-19(7-5-17)20-12-21(14-22(13-20)30-23(16-34-3)26-27-28-30)24(31)25-18(2)15-29-8-10-35(32,33)11-9-29/h4-7,12-14,18H,8-11,15-16H2,1-3H3,(H,25,31)/t18-/m1/s1. The maximum Gasteiger partial charge on any atom is 0.251 e. The Labute approximate surface area is 205 Å². The third-order valence-corrected chi connectivity index (χ3v) is 7.57. The number of aryl methyl sites for hydroxylation is 1. The number of aromatic nitrogens is 4. The second-order valence-electron chi connectivity index (χ2n) is 8.90. The highest BCUT2D eigenvalue weighted by molar-refractivity contribution is 7.91. The first-order valence-electron chi connectivity index (χ1n) is 11.5. The van der Waals surface area contributed by atoms with Gasteiger partial charge >= 0.3 is 0 Å². The molecule has 0 saturated carbocycles. The molecule has 11 heteroatoms. The monoisotopic (exact) mass is 498 g/mol. The fraction of sp³-hybridized carbons (Fsp3) is 0.417. The van der Waals surface area contributed by atoms with Gasteiger partial charge in [-0.15, -0.1) is 5.10 Å². The zero-order chi connectivity index (χ0) is 25.0. The van der Waals surface area contributed by atoms with Crippen LogP contribution in [0.3, 0.4) is 0 Å². The van der Waals surface area contributed by atoms with Crippen molar-refractivity contribution in [2.45, 2.75) is 26.5 Å². The molecule has 0 bridgehead atoms. The summed E-state index contributed by atoms with van der Waals surface area (Å²) < 4.78 is 30.1. The van der Waals surface area contributed by atoms with E-state index in [1.54, 1.807) is 17.9 Å². The van der Waals surface area contributed by atoms with Crippen LogP contribution in [0.15, 0.2) is 42.5 Å². The van der Waals surface area contributed by atoms with E-state index in [1.807, 2.05) is 50.2 Å². The van der Waals surface area contributed by atoms with Crippen LogP contribution in [0.25, 0.3) is 16.8 Å². The molecule has 0 radical (unpaired) electrons. The Morgan fingerprint density at radius 3 is 2.51 bits per heavy atom. The van der Waals surface area contributed by atoms with E-state index in [1.165, 1.54) is 0 Å². The lowest BCUT2D eigenvalue weighted by Gasteiger charge is -2.29. The van der Waals surface area contributed by atoms with Crippen LogP contribution < -0.4 is 5.32 Å². The first-order chi connectivity index (χ1) is 16.7. The van der Waals surface area contributed by atoms with Crippen molar-refractivity contribution in [1.29, 1.82) is 0 Å². The van der Waals surface area contributed by atoms with Crippen molar-refractivity contribution in [3.05, 3.63) is 59.4 Å². The minimum absolute atomic E-state index is 0.158. The number of rotatable bonds is 8. The minimum atomic E-state index is -2.94. The van der Waals surface area contributed by atoms with Crippen LogP contribution in [0.2, 0.25) is 0 Å². The Morgan fingerprint density at radius 1 is 1.11 bits per heavy atom. The highest BCUT2D eigenvalue weighted by Gasteiger charge is 2.23. The van der Waals surface area contributed by atoms with Gasteiger partial charge in [0.1, 0.15) is 6.61 Å². The summed E-state index contributed by atoms with van der Waals surface area (Å²) >= 11 is 0. The van der Waals surface area contributed by atoms with Crippen LogP contribution in [0, 0.1) is 6.92 Å². The Kier molecular flexibility index (Phi) is 7.58. The number of nitrogens with one attached hydrogen (secondary N) is 1. The lowest BCUT2D eigenvalue weighted by Crippen LogP contribution is -2.47. The molecule has 2 heterocycles. The molecule has 1 fully saturated rings. The van der Waals surface area contributed by atoms with E-state index >= 15 is 0 Å². The second kappa shape index (κ2) is 10.6. The molecule has 10 nitrogen and oxygen atoms in total. The number of carbonyl (C=O) groups excluding carboxylic acids is 1. The quantitative estimate of drug-likeness (QED) is 0.498. The average molecular weight is 499 g/mol. The molecular formula is C24H30N6O4S. The number of tetrazole rings is 1. The summed E-state index contributed by atoms with van der Waals surface area (Å²) in [6.07, 6.45) is 0. The molecule has 0 aliphatic carbocycles. The van der Waals surface area contributed by atoms with Crippen LogP contribution >= 0.6 is 0 Å². The van der Waals surface area contributed by atoms with Gasteiger partial charge in [0.25, 0.3) is 5.91 Å². The van der Waals surface area contributed by atoms with Crippen molar-refractivity contribution in [1.82, 2.24) is 30.4 Å². The van der Waals surface area contributed by atoms with E-state index in [-0.39, 0.29) is 30.1 Å². The van der Waals surface area contributed by atoms with Gasteiger partial charge in [0.15, 0.2) is 15.7 Å². The van der Waals surface area contributed by atoms with Crippen molar-refractivity contribution in [2.24, 2.45) is 0 Å². The summed E-state index contributed by atoms with van der Waals surface area (Å²) in [6.45, 7) is 5.72. The first-order valence-corrected chi connectivity index (χ1v) is 13.3. The molecule has 1 aliphatic heterocycles. The van der Waals surface area contributed by atoms with Crippen LogP contribution in [0.1, 0.15) is 28.7 Å². The largest absolute Gasteiger partial charge is 0.377 e. The average Bonchev–Trinajstić information content (AvgIpc) is 3.29. The van der Waals surface area contributed by atoms with Gasteiger partial charge in [-0.05, 0) is 53.6 Å². The van der Waals surface area contributed by atoms with Gasteiger partial charge < -0.3 is 10.1 Å². The highest BCUT2D eigenvalue weighted by atomic mass is 32.2. The number of carbonyl (C=O) groups is 1. The molecule has 0 unspecified atom stereocenters. The predicted octanol–water partition coefficient (Wildman–Crippen LogP) is 1.63. The first kappa shape index (κ1) is 25.0. The van der Waals surface area contributed by atoms with Crippen molar-refractivity contribution < 1.29 is 17.9 Å².